The Morgan fingerprint density at radius 3 is 2.38 bits per heavy atom. The van der Waals surface area contributed by atoms with Crippen LogP contribution >= 0.6 is 23.4 Å². The molecule has 0 spiro atoms. The zero-order chi connectivity index (χ0) is 21.2. The van der Waals surface area contributed by atoms with Gasteiger partial charge in [-0.05, 0) is 39.0 Å². The van der Waals surface area contributed by atoms with E-state index in [1.165, 1.54) is 31.0 Å². The molecule has 0 aromatic rings. The molecule has 2 fully saturated rings. The number of hydrogen-bond donors (Lipinski definition) is 1. The molecule has 0 aromatic carbocycles. The Bertz CT molecular complexity index is 597. The van der Waals surface area contributed by atoms with Gasteiger partial charge in [-0.3, -0.25) is 4.79 Å². The molecule has 164 valence electrons. The van der Waals surface area contributed by atoms with Crippen LogP contribution in [0.15, 0.2) is 22.0 Å². The first kappa shape index (κ1) is 24.1. The number of allylic oxidation sites excluding steroid dienone is 1. The van der Waals surface area contributed by atoms with Gasteiger partial charge < -0.3 is 15.1 Å². The zero-order valence-electron chi connectivity index (χ0n) is 17.9. The summed E-state index contributed by atoms with van der Waals surface area (Å²) in [4.78, 5) is 29.6. The van der Waals surface area contributed by atoms with E-state index in [2.05, 4.69) is 23.7 Å². The maximum Gasteiger partial charge on any atom is 0.322 e. The number of halogens is 1. The van der Waals surface area contributed by atoms with E-state index in [1.807, 2.05) is 11.8 Å². The van der Waals surface area contributed by atoms with Gasteiger partial charge >= 0.3 is 6.03 Å². The average Bonchev–Trinajstić information content (AvgIpc) is 2.73. The molecule has 1 aliphatic carbocycles. The highest BCUT2D eigenvalue weighted by Gasteiger charge is 2.34. The van der Waals surface area contributed by atoms with Crippen molar-refractivity contribution in [3.63, 3.8) is 0 Å². The van der Waals surface area contributed by atoms with Crippen LogP contribution in [-0.2, 0) is 4.79 Å². The largest absolute Gasteiger partial charge is 0.343 e. The second kappa shape index (κ2) is 12.5. The fourth-order valence-corrected chi connectivity index (χ4v) is 5.03. The lowest BCUT2D eigenvalue weighted by atomic mass is 9.91. The quantitative estimate of drug-likeness (QED) is 0.516. The van der Waals surface area contributed by atoms with E-state index in [1.54, 1.807) is 6.08 Å². The Hall–Kier alpha value is -1.14. The van der Waals surface area contributed by atoms with Crippen molar-refractivity contribution in [1.82, 2.24) is 15.1 Å². The summed E-state index contributed by atoms with van der Waals surface area (Å²) in [7, 11) is 0. The smallest absolute Gasteiger partial charge is 0.322 e. The van der Waals surface area contributed by atoms with Crippen LogP contribution in [0.4, 0.5) is 4.79 Å². The second-order valence-electron chi connectivity index (χ2n) is 7.96. The van der Waals surface area contributed by atoms with Gasteiger partial charge in [-0.15, -0.1) is 0 Å². The lowest BCUT2D eigenvalue weighted by molar-refractivity contribution is -0.132. The number of amides is 3. The lowest BCUT2D eigenvalue weighted by Gasteiger charge is -2.43. The fourth-order valence-electron chi connectivity index (χ4n) is 4.25. The number of rotatable bonds is 8. The van der Waals surface area contributed by atoms with Gasteiger partial charge in [0.25, 0.3) is 0 Å². The van der Waals surface area contributed by atoms with Crippen LogP contribution in [0.5, 0.6) is 0 Å². The van der Waals surface area contributed by atoms with Gasteiger partial charge in [0.1, 0.15) is 0 Å². The summed E-state index contributed by atoms with van der Waals surface area (Å²) in [5.41, 5.74) is 0. The van der Waals surface area contributed by atoms with E-state index in [0.717, 1.165) is 51.6 Å². The second-order valence-corrected chi connectivity index (χ2v) is 9.73. The number of piperidine rings is 1. The third-order valence-electron chi connectivity index (χ3n) is 5.85. The Kier molecular flexibility index (Phi) is 10.4. The van der Waals surface area contributed by atoms with E-state index in [0.29, 0.717) is 15.8 Å². The molecule has 0 aromatic heterocycles. The molecule has 0 unspecified atom stereocenters. The molecule has 29 heavy (non-hydrogen) atoms. The van der Waals surface area contributed by atoms with Crippen molar-refractivity contribution in [2.45, 2.75) is 90.1 Å². The minimum Gasteiger partial charge on any atom is -0.343 e. The van der Waals surface area contributed by atoms with Crippen molar-refractivity contribution in [2.75, 3.05) is 13.1 Å². The molecule has 2 rings (SSSR count). The molecule has 2 aliphatic rings. The summed E-state index contributed by atoms with van der Waals surface area (Å²) in [5, 5.41) is 3.50. The van der Waals surface area contributed by atoms with E-state index in [-0.39, 0.29) is 24.0 Å². The maximum absolute atomic E-state index is 13.2. The molecule has 1 N–H and O–H groups in total. The van der Waals surface area contributed by atoms with E-state index in [9.17, 15) is 9.59 Å². The van der Waals surface area contributed by atoms with Crippen molar-refractivity contribution in [2.24, 2.45) is 0 Å². The molecular weight excluding hydrogens is 406 g/mol. The number of nitrogens with one attached hydrogen (secondary N) is 1. The normalized spacial score (nSPS) is 19.1. The predicted octanol–water partition coefficient (Wildman–Crippen LogP) is 5.82. The third-order valence-corrected chi connectivity index (χ3v) is 7.08. The highest BCUT2D eigenvalue weighted by atomic mass is 35.5. The molecule has 3 amide bonds. The molecule has 1 saturated carbocycles. The highest BCUT2D eigenvalue weighted by Crippen LogP contribution is 2.30. The summed E-state index contributed by atoms with van der Waals surface area (Å²) >= 11 is 7.33. The molecular formula is C22H36ClN3O2S. The first-order valence-corrected chi connectivity index (χ1v) is 12.2. The van der Waals surface area contributed by atoms with Crippen molar-refractivity contribution in [3.05, 3.63) is 22.0 Å². The van der Waals surface area contributed by atoms with Crippen molar-refractivity contribution in [1.29, 1.82) is 0 Å². The first-order valence-electron chi connectivity index (χ1n) is 11.0. The summed E-state index contributed by atoms with van der Waals surface area (Å²) in [5.74, 6) is 0.254. The number of carbonyl (C=O) groups is 2. The minimum atomic E-state index is -0.0780. The van der Waals surface area contributed by atoms with Crippen LogP contribution in [0.2, 0.25) is 0 Å². The van der Waals surface area contributed by atoms with Gasteiger partial charge in [0, 0.05) is 31.6 Å². The van der Waals surface area contributed by atoms with E-state index in [4.69, 9.17) is 11.6 Å². The van der Waals surface area contributed by atoms with Gasteiger partial charge in [-0.2, -0.15) is 0 Å². The van der Waals surface area contributed by atoms with E-state index >= 15 is 0 Å². The van der Waals surface area contributed by atoms with Crippen LogP contribution in [0.1, 0.15) is 78.1 Å². The number of nitrogens with zero attached hydrogens (tertiary/aromatic N) is 2. The van der Waals surface area contributed by atoms with Crippen LogP contribution < -0.4 is 5.32 Å². The van der Waals surface area contributed by atoms with Gasteiger partial charge in [0.05, 0.1) is 9.39 Å². The van der Waals surface area contributed by atoms with Crippen LogP contribution in [0, 0.1) is 0 Å². The van der Waals surface area contributed by atoms with Crippen molar-refractivity contribution >= 4 is 35.3 Å². The number of urea groups is 1. The summed E-state index contributed by atoms with van der Waals surface area (Å²) in [6.07, 6.45) is 11.8. The topological polar surface area (TPSA) is 52.7 Å². The summed E-state index contributed by atoms with van der Waals surface area (Å²) in [6.45, 7) is 9.39. The Morgan fingerprint density at radius 2 is 1.79 bits per heavy atom. The van der Waals surface area contributed by atoms with Gasteiger partial charge in [0.2, 0.25) is 5.91 Å². The average molecular weight is 442 g/mol. The summed E-state index contributed by atoms with van der Waals surface area (Å²) in [6, 6.07) is 0.361. The number of likely N-dealkylation sites (tertiary alicyclic amines) is 1. The van der Waals surface area contributed by atoms with Crippen LogP contribution in [0.3, 0.4) is 0 Å². The first-order chi connectivity index (χ1) is 14.0. The molecule has 5 nitrogen and oxygen atoms in total. The Morgan fingerprint density at radius 1 is 1.17 bits per heavy atom. The third kappa shape index (κ3) is 7.56. The molecule has 1 heterocycles. The van der Waals surface area contributed by atoms with Crippen LogP contribution in [0.25, 0.3) is 0 Å². The predicted molar refractivity (Wildman–Crippen MR) is 123 cm³/mol. The number of hydrogen-bond acceptors (Lipinski definition) is 3. The number of carbonyl (C=O) groups excluding carboxylic acids is 2. The molecule has 1 aliphatic heterocycles. The Balaban J connectivity index is 2.00. The zero-order valence-corrected chi connectivity index (χ0v) is 19.5. The monoisotopic (exact) mass is 441 g/mol. The highest BCUT2D eigenvalue weighted by molar-refractivity contribution is 8.08. The van der Waals surface area contributed by atoms with Gasteiger partial charge in [0.15, 0.2) is 0 Å². The molecule has 1 saturated heterocycles. The number of unbranched alkanes of at least 4 members (excludes halogenated alkanes) is 1. The Labute approximate surface area is 185 Å². The van der Waals surface area contributed by atoms with Crippen LogP contribution in [-0.4, -0.2) is 46.9 Å². The minimum absolute atomic E-state index is 0.0780. The van der Waals surface area contributed by atoms with Crippen molar-refractivity contribution < 1.29 is 9.59 Å². The number of thioether (sulfide) groups is 1. The standard InChI is InChI=1S/C22H36ClN3O2S/c1-4-6-12-21(27)25-15-13-19(14-16-25)26(18-10-8-7-9-11-18)22(28)24-17(3)29-20(23)5-2/h5,18-19H,3-4,6-16H2,1-2H3,(H,24,28)/b20-5-. The molecule has 0 atom stereocenters. The lowest BCUT2D eigenvalue weighted by Crippen LogP contribution is -2.55. The maximum atomic E-state index is 13.2. The van der Waals surface area contributed by atoms with E-state index < -0.39 is 0 Å². The van der Waals surface area contributed by atoms with Gasteiger partial charge in [-0.1, -0.05) is 68.6 Å². The molecule has 0 bridgehead atoms. The van der Waals surface area contributed by atoms with Gasteiger partial charge in [-0.25, -0.2) is 4.79 Å². The SMILES string of the molecule is C=C(NC(=O)N(C1CCCCC1)C1CCN(C(=O)CCCC)CC1)S/C(Cl)=C\C. The molecule has 7 heteroatoms. The fraction of sp³-hybridized carbons (Fsp3) is 0.727. The summed E-state index contributed by atoms with van der Waals surface area (Å²) < 4.78 is 0.596. The molecule has 0 radical (unpaired) electrons. The van der Waals surface area contributed by atoms with Crippen molar-refractivity contribution in [3.8, 4) is 0 Å².